The topological polar surface area (TPSA) is 79.4 Å². The molecule has 0 aliphatic heterocycles. The highest BCUT2D eigenvalue weighted by Crippen LogP contribution is 2.14. The largest absolute Gasteiger partial charge is 0.369 e. The maximum atomic E-state index is 9.07. The lowest BCUT2D eigenvalue weighted by molar-refractivity contribution is 0.787. The molecule has 0 spiro atoms. The van der Waals surface area contributed by atoms with E-state index in [1.54, 1.807) is 12.5 Å². The normalized spacial score (nSPS) is 10.1. The van der Waals surface area contributed by atoms with Gasteiger partial charge in [0.2, 0.25) is 0 Å². The lowest BCUT2D eigenvalue weighted by Crippen LogP contribution is -2.11. The van der Waals surface area contributed by atoms with E-state index in [-0.39, 0.29) is 0 Å². The standard InChI is InChI=1S/C12H14N6/c1-9-3-5-14-12(10(9)7-13)15-6-4-11-17-16-8-18(11)2/h3,5,8H,4,6H2,1-2H3,(H,14,15). The number of rotatable bonds is 4. The van der Waals surface area contributed by atoms with Crippen LogP contribution in [0.5, 0.6) is 0 Å². The van der Waals surface area contributed by atoms with Gasteiger partial charge < -0.3 is 9.88 Å². The molecule has 6 nitrogen and oxygen atoms in total. The molecule has 2 heterocycles. The van der Waals surface area contributed by atoms with Gasteiger partial charge in [-0.15, -0.1) is 10.2 Å². The fraction of sp³-hybridized carbons (Fsp3) is 0.333. The average Bonchev–Trinajstić information content (AvgIpc) is 2.75. The van der Waals surface area contributed by atoms with Crippen LogP contribution in [0.3, 0.4) is 0 Å². The minimum atomic E-state index is 0.593. The van der Waals surface area contributed by atoms with Gasteiger partial charge in [-0.1, -0.05) is 0 Å². The number of anilines is 1. The number of hydrogen-bond donors (Lipinski definition) is 1. The van der Waals surface area contributed by atoms with Gasteiger partial charge in [-0.05, 0) is 18.6 Å². The first kappa shape index (κ1) is 12.0. The Morgan fingerprint density at radius 1 is 1.50 bits per heavy atom. The van der Waals surface area contributed by atoms with E-state index in [1.807, 2.05) is 24.6 Å². The maximum absolute atomic E-state index is 9.07. The van der Waals surface area contributed by atoms with Crippen LogP contribution in [0.4, 0.5) is 5.82 Å². The fourth-order valence-electron chi connectivity index (χ4n) is 1.66. The third-order valence-corrected chi connectivity index (χ3v) is 2.72. The van der Waals surface area contributed by atoms with Crippen molar-refractivity contribution in [2.75, 3.05) is 11.9 Å². The van der Waals surface area contributed by atoms with Crippen molar-refractivity contribution in [3.63, 3.8) is 0 Å². The van der Waals surface area contributed by atoms with E-state index < -0.39 is 0 Å². The predicted octanol–water partition coefficient (Wildman–Crippen LogP) is 1.04. The Balaban J connectivity index is 2.01. The predicted molar refractivity (Wildman–Crippen MR) is 66.9 cm³/mol. The van der Waals surface area contributed by atoms with Crippen molar-refractivity contribution in [1.82, 2.24) is 19.7 Å². The first-order valence-electron chi connectivity index (χ1n) is 5.65. The molecule has 18 heavy (non-hydrogen) atoms. The van der Waals surface area contributed by atoms with Crippen LogP contribution in [0.1, 0.15) is 17.0 Å². The Bertz CT molecular complexity index is 580. The molecule has 92 valence electrons. The Labute approximate surface area is 105 Å². The van der Waals surface area contributed by atoms with E-state index in [2.05, 4.69) is 26.6 Å². The number of nitrogens with zero attached hydrogens (tertiary/aromatic N) is 5. The third kappa shape index (κ3) is 2.46. The molecule has 0 aliphatic rings. The summed E-state index contributed by atoms with van der Waals surface area (Å²) in [5.41, 5.74) is 1.52. The lowest BCUT2D eigenvalue weighted by atomic mass is 10.1. The van der Waals surface area contributed by atoms with Crippen LogP contribution in [0.25, 0.3) is 0 Å². The van der Waals surface area contributed by atoms with Gasteiger partial charge in [0.1, 0.15) is 24.0 Å². The van der Waals surface area contributed by atoms with E-state index in [9.17, 15) is 0 Å². The molecule has 0 aliphatic carbocycles. The van der Waals surface area contributed by atoms with Crippen LogP contribution < -0.4 is 5.32 Å². The van der Waals surface area contributed by atoms with E-state index in [1.165, 1.54) is 0 Å². The summed E-state index contributed by atoms with van der Waals surface area (Å²) in [5.74, 6) is 1.52. The molecule has 2 rings (SSSR count). The summed E-state index contributed by atoms with van der Waals surface area (Å²) in [4.78, 5) is 4.18. The second kappa shape index (κ2) is 5.27. The van der Waals surface area contributed by atoms with E-state index >= 15 is 0 Å². The summed E-state index contributed by atoms with van der Waals surface area (Å²) in [5, 5.41) is 20.0. The number of hydrogen-bond acceptors (Lipinski definition) is 5. The van der Waals surface area contributed by atoms with E-state index in [4.69, 9.17) is 5.26 Å². The zero-order valence-electron chi connectivity index (χ0n) is 10.4. The molecule has 0 saturated heterocycles. The van der Waals surface area contributed by atoms with Crippen molar-refractivity contribution < 1.29 is 0 Å². The summed E-state index contributed by atoms with van der Waals surface area (Å²) in [7, 11) is 1.90. The van der Waals surface area contributed by atoms with Crippen LogP contribution in [-0.4, -0.2) is 26.3 Å². The molecule has 0 fully saturated rings. The molecule has 6 heteroatoms. The van der Waals surface area contributed by atoms with Gasteiger partial charge in [-0.2, -0.15) is 5.26 Å². The minimum Gasteiger partial charge on any atom is -0.369 e. The number of aryl methyl sites for hydroxylation is 2. The highest BCUT2D eigenvalue weighted by atomic mass is 15.2. The Morgan fingerprint density at radius 2 is 2.33 bits per heavy atom. The first-order valence-corrected chi connectivity index (χ1v) is 5.65. The molecular weight excluding hydrogens is 228 g/mol. The molecule has 2 aromatic rings. The van der Waals surface area contributed by atoms with E-state index in [0.29, 0.717) is 17.9 Å². The highest BCUT2D eigenvalue weighted by Gasteiger charge is 2.06. The van der Waals surface area contributed by atoms with Crippen LogP contribution in [0, 0.1) is 18.3 Å². The molecule has 0 bridgehead atoms. The van der Waals surface area contributed by atoms with E-state index in [0.717, 1.165) is 17.8 Å². The molecule has 0 saturated carbocycles. The summed E-state index contributed by atoms with van der Waals surface area (Å²) in [6.45, 7) is 2.56. The summed E-state index contributed by atoms with van der Waals surface area (Å²) < 4.78 is 1.87. The quantitative estimate of drug-likeness (QED) is 0.866. The van der Waals surface area contributed by atoms with Crippen molar-refractivity contribution in [3.8, 4) is 6.07 Å². The van der Waals surface area contributed by atoms with Gasteiger partial charge in [-0.25, -0.2) is 4.98 Å². The third-order valence-electron chi connectivity index (χ3n) is 2.72. The number of nitriles is 1. The van der Waals surface area contributed by atoms with Crippen molar-refractivity contribution >= 4 is 5.82 Å². The van der Waals surface area contributed by atoms with Crippen molar-refractivity contribution in [3.05, 3.63) is 35.5 Å². The minimum absolute atomic E-state index is 0.593. The van der Waals surface area contributed by atoms with Crippen molar-refractivity contribution in [1.29, 1.82) is 5.26 Å². The van der Waals surface area contributed by atoms with Gasteiger partial charge in [0, 0.05) is 26.2 Å². The molecule has 0 aromatic carbocycles. The van der Waals surface area contributed by atoms with Gasteiger partial charge in [0.05, 0.1) is 5.56 Å². The van der Waals surface area contributed by atoms with Crippen LogP contribution in [0.2, 0.25) is 0 Å². The second-order valence-electron chi connectivity index (χ2n) is 4.00. The Hall–Kier alpha value is -2.42. The summed E-state index contributed by atoms with van der Waals surface area (Å²) >= 11 is 0. The molecule has 0 amide bonds. The van der Waals surface area contributed by atoms with Crippen LogP contribution in [-0.2, 0) is 13.5 Å². The van der Waals surface area contributed by atoms with Gasteiger partial charge in [-0.3, -0.25) is 0 Å². The van der Waals surface area contributed by atoms with Gasteiger partial charge >= 0.3 is 0 Å². The molecule has 0 unspecified atom stereocenters. The lowest BCUT2D eigenvalue weighted by Gasteiger charge is -2.08. The average molecular weight is 242 g/mol. The van der Waals surface area contributed by atoms with Crippen LogP contribution in [0.15, 0.2) is 18.6 Å². The monoisotopic (exact) mass is 242 g/mol. The number of pyridine rings is 1. The smallest absolute Gasteiger partial charge is 0.144 e. The maximum Gasteiger partial charge on any atom is 0.144 e. The second-order valence-corrected chi connectivity index (χ2v) is 4.00. The first-order chi connectivity index (χ1) is 8.72. The zero-order chi connectivity index (χ0) is 13.0. The molecule has 0 radical (unpaired) electrons. The molecule has 2 aromatic heterocycles. The molecule has 0 atom stereocenters. The summed E-state index contributed by atoms with van der Waals surface area (Å²) in [6, 6.07) is 3.99. The Morgan fingerprint density at radius 3 is 3.00 bits per heavy atom. The SMILES string of the molecule is Cc1ccnc(NCCc2nncn2C)c1C#N. The highest BCUT2D eigenvalue weighted by molar-refractivity contribution is 5.55. The summed E-state index contributed by atoms with van der Waals surface area (Å²) in [6.07, 6.45) is 4.10. The number of aromatic nitrogens is 4. The molecule has 1 N–H and O–H groups in total. The van der Waals surface area contributed by atoms with Gasteiger partial charge in [0.25, 0.3) is 0 Å². The van der Waals surface area contributed by atoms with Crippen LogP contribution >= 0.6 is 0 Å². The number of nitrogens with one attached hydrogen (secondary N) is 1. The Kier molecular flexibility index (Phi) is 3.53. The van der Waals surface area contributed by atoms with Crippen molar-refractivity contribution in [2.24, 2.45) is 7.05 Å². The molecular formula is C12H14N6. The fourth-order valence-corrected chi connectivity index (χ4v) is 1.66. The zero-order valence-corrected chi connectivity index (χ0v) is 10.4. The van der Waals surface area contributed by atoms with Crippen molar-refractivity contribution in [2.45, 2.75) is 13.3 Å². The van der Waals surface area contributed by atoms with Gasteiger partial charge in [0.15, 0.2) is 0 Å².